The van der Waals surface area contributed by atoms with E-state index in [-0.39, 0.29) is 11.7 Å². The number of carbonyl (C=O) groups excluding carboxylic acids is 1. The van der Waals surface area contributed by atoms with Gasteiger partial charge < -0.3 is 9.32 Å². The normalized spacial score (nSPS) is 13.5. The molecule has 0 spiro atoms. The van der Waals surface area contributed by atoms with Crippen LogP contribution >= 0.6 is 0 Å². The van der Waals surface area contributed by atoms with E-state index >= 15 is 0 Å². The van der Waals surface area contributed by atoms with Gasteiger partial charge >= 0.3 is 0 Å². The lowest BCUT2D eigenvalue weighted by Gasteiger charge is -2.25. The summed E-state index contributed by atoms with van der Waals surface area (Å²) in [5.41, 5.74) is 2.92. The first-order valence-electron chi connectivity index (χ1n) is 9.02. The highest BCUT2D eigenvalue weighted by Gasteiger charge is 2.26. The Labute approximate surface area is 156 Å². The van der Waals surface area contributed by atoms with E-state index in [1.165, 1.54) is 12.1 Å². The van der Waals surface area contributed by atoms with Crippen LogP contribution in [0.5, 0.6) is 0 Å². The van der Waals surface area contributed by atoms with Gasteiger partial charge in [0, 0.05) is 37.3 Å². The molecule has 4 rings (SSSR count). The number of pyridine rings is 1. The van der Waals surface area contributed by atoms with Crippen LogP contribution in [0.4, 0.5) is 4.39 Å². The van der Waals surface area contributed by atoms with Crippen LogP contribution in [-0.4, -0.2) is 27.3 Å². The van der Waals surface area contributed by atoms with E-state index in [2.05, 4.69) is 9.97 Å². The van der Waals surface area contributed by atoms with E-state index in [1.807, 2.05) is 18.3 Å². The number of rotatable bonds is 4. The Balaban J connectivity index is 1.44. The van der Waals surface area contributed by atoms with Gasteiger partial charge in [-0.3, -0.25) is 9.78 Å². The number of hydrogen-bond acceptors (Lipinski definition) is 4. The van der Waals surface area contributed by atoms with Crippen LogP contribution in [0.1, 0.15) is 38.8 Å². The number of oxazole rings is 1. The van der Waals surface area contributed by atoms with Crippen LogP contribution in [0.15, 0.2) is 47.1 Å². The van der Waals surface area contributed by atoms with Gasteiger partial charge in [0.2, 0.25) is 0 Å². The monoisotopic (exact) mass is 365 g/mol. The molecular formula is C21H20FN3O2. The minimum absolute atomic E-state index is 0.108. The van der Waals surface area contributed by atoms with Crippen molar-refractivity contribution in [1.29, 1.82) is 0 Å². The summed E-state index contributed by atoms with van der Waals surface area (Å²) in [5, 5.41) is 0. The minimum Gasteiger partial charge on any atom is -0.445 e. The number of fused-ring (bicyclic) bond motifs is 1. The Morgan fingerprint density at radius 1 is 1.30 bits per heavy atom. The zero-order valence-electron chi connectivity index (χ0n) is 15.1. The molecule has 0 bridgehead atoms. The fourth-order valence-corrected chi connectivity index (χ4v) is 3.29. The van der Waals surface area contributed by atoms with Gasteiger partial charge in [0.15, 0.2) is 5.89 Å². The lowest BCUT2D eigenvalue weighted by atomic mass is 10.1. The number of hydrogen-bond donors (Lipinski definition) is 0. The Morgan fingerprint density at radius 3 is 2.96 bits per heavy atom. The lowest BCUT2D eigenvalue weighted by Crippen LogP contribution is -2.35. The second kappa shape index (κ2) is 7.31. The van der Waals surface area contributed by atoms with Gasteiger partial charge in [-0.15, -0.1) is 0 Å². The van der Waals surface area contributed by atoms with Crippen LogP contribution < -0.4 is 0 Å². The molecule has 27 heavy (non-hydrogen) atoms. The maximum Gasteiger partial charge on any atom is 0.254 e. The van der Waals surface area contributed by atoms with Crippen molar-refractivity contribution in [3.63, 3.8) is 0 Å². The number of carbonyl (C=O) groups is 1. The molecule has 2 aromatic heterocycles. The molecule has 1 aromatic carbocycles. The number of aromatic nitrogens is 2. The summed E-state index contributed by atoms with van der Waals surface area (Å²) in [6.45, 7) is 2.65. The first-order chi connectivity index (χ1) is 13.1. The molecule has 0 saturated carbocycles. The topological polar surface area (TPSA) is 59.2 Å². The van der Waals surface area contributed by atoms with Gasteiger partial charge in [-0.2, -0.15) is 0 Å². The second-order valence-electron chi connectivity index (χ2n) is 6.78. The molecule has 0 fully saturated rings. The van der Waals surface area contributed by atoms with Crippen molar-refractivity contribution in [2.24, 2.45) is 0 Å². The fourth-order valence-electron chi connectivity index (χ4n) is 3.29. The molecule has 5 nitrogen and oxygen atoms in total. The summed E-state index contributed by atoms with van der Waals surface area (Å²) in [4.78, 5) is 23.2. The highest BCUT2D eigenvalue weighted by Crippen LogP contribution is 2.22. The largest absolute Gasteiger partial charge is 0.445 e. The molecule has 0 aliphatic carbocycles. The summed E-state index contributed by atoms with van der Waals surface area (Å²) in [5.74, 6) is 1.14. The van der Waals surface area contributed by atoms with Gasteiger partial charge in [0.05, 0.1) is 6.54 Å². The average molecular weight is 365 g/mol. The predicted molar refractivity (Wildman–Crippen MR) is 97.7 cm³/mol. The molecule has 1 aliphatic heterocycles. The summed E-state index contributed by atoms with van der Waals surface area (Å²) >= 11 is 0. The Morgan fingerprint density at radius 2 is 2.19 bits per heavy atom. The Bertz CT molecular complexity index is 969. The van der Waals surface area contributed by atoms with Gasteiger partial charge in [-0.1, -0.05) is 6.07 Å². The van der Waals surface area contributed by atoms with Crippen molar-refractivity contribution in [3.8, 4) is 0 Å². The van der Waals surface area contributed by atoms with Crippen LogP contribution in [-0.2, 0) is 25.8 Å². The second-order valence-corrected chi connectivity index (χ2v) is 6.78. The van der Waals surface area contributed by atoms with Gasteiger partial charge in [-0.05, 0) is 48.7 Å². The number of benzene rings is 1. The molecule has 0 N–H and O–H groups in total. The molecule has 1 amide bonds. The van der Waals surface area contributed by atoms with E-state index in [4.69, 9.17) is 4.42 Å². The predicted octanol–water partition coefficient (Wildman–Crippen LogP) is 3.50. The molecule has 0 radical (unpaired) electrons. The van der Waals surface area contributed by atoms with E-state index < -0.39 is 0 Å². The molecule has 0 unspecified atom stereocenters. The quantitative estimate of drug-likeness (QED) is 0.710. The maximum atomic E-state index is 13.4. The number of nitrogens with zero attached hydrogens (tertiary/aromatic N) is 3. The molecule has 3 aromatic rings. The number of halogens is 1. The van der Waals surface area contributed by atoms with Gasteiger partial charge in [0.25, 0.3) is 5.91 Å². The van der Waals surface area contributed by atoms with E-state index in [1.54, 1.807) is 24.1 Å². The van der Waals surface area contributed by atoms with E-state index in [0.717, 1.165) is 23.4 Å². The van der Waals surface area contributed by atoms with Crippen LogP contribution in [0, 0.1) is 12.7 Å². The zero-order valence-corrected chi connectivity index (χ0v) is 15.1. The number of amides is 1. The fraction of sp³-hybridized carbons (Fsp3) is 0.286. The SMILES string of the molecule is Cc1cc(C(=O)N2CCc3oc(CCc4cccnc4)nc3C2)ccc1F. The molecule has 6 heteroatoms. The van der Waals surface area contributed by atoms with Crippen LogP contribution in [0.3, 0.4) is 0 Å². The van der Waals surface area contributed by atoms with Crippen molar-refractivity contribution in [1.82, 2.24) is 14.9 Å². The van der Waals surface area contributed by atoms with Crippen LogP contribution in [0.2, 0.25) is 0 Å². The standard InChI is InChI=1S/C21H20FN3O2/c1-14-11-16(5-6-17(14)22)21(26)25-10-8-19-18(13-25)24-20(27-19)7-4-15-3-2-9-23-12-15/h2-3,5-6,9,11-12H,4,7-8,10,13H2,1H3. The summed E-state index contributed by atoms with van der Waals surface area (Å²) in [6, 6.07) is 8.40. The Hall–Kier alpha value is -3.02. The maximum absolute atomic E-state index is 13.4. The van der Waals surface area contributed by atoms with Crippen molar-refractivity contribution in [2.75, 3.05) is 6.54 Å². The van der Waals surface area contributed by atoms with Gasteiger partial charge in [-0.25, -0.2) is 9.37 Å². The molecule has 1 aliphatic rings. The minimum atomic E-state index is -0.303. The van der Waals surface area contributed by atoms with Crippen molar-refractivity contribution < 1.29 is 13.6 Å². The molecular weight excluding hydrogens is 345 g/mol. The average Bonchev–Trinajstić information content (AvgIpc) is 3.11. The molecule has 3 heterocycles. The smallest absolute Gasteiger partial charge is 0.254 e. The lowest BCUT2D eigenvalue weighted by molar-refractivity contribution is 0.0727. The Kier molecular flexibility index (Phi) is 4.71. The highest BCUT2D eigenvalue weighted by atomic mass is 19.1. The van der Waals surface area contributed by atoms with Crippen molar-refractivity contribution >= 4 is 5.91 Å². The number of aryl methyl sites for hydroxylation is 3. The molecule has 0 atom stereocenters. The molecule has 138 valence electrons. The summed E-state index contributed by atoms with van der Waals surface area (Å²) < 4.78 is 19.3. The van der Waals surface area contributed by atoms with Gasteiger partial charge in [0.1, 0.15) is 17.3 Å². The highest BCUT2D eigenvalue weighted by molar-refractivity contribution is 5.94. The molecule has 0 saturated heterocycles. The van der Waals surface area contributed by atoms with Crippen LogP contribution in [0.25, 0.3) is 0 Å². The van der Waals surface area contributed by atoms with Crippen molar-refractivity contribution in [2.45, 2.75) is 32.7 Å². The first-order valence-corrected chi connectivity index (χ1v) is 9.02. The third kappa shape index (κ3) is 3.74. The third-order valence-corrected chi connectivity index (χ3v) is 4.81. The van der Waals surface area contributed by atoms with E-state index in [0.29, 0.717) is 42.9 Å². The first kappa shape index (κ1) is 17.4. The summed E-state index contributed by atoms with van der Waals surface area (Å²) in [7, 11) is 0. The summed E-state index contributed by atoms with van der Waals surface area (Å²) in [6.07, 6.45) is 5.74. The van der Waals surface area contributed by atoms with Crippen molar-refractivity contribution in [3.05, 3.63) is 82.6 Å². The third-order valence-electron chi connectivity index (χ3n) is 4.81. The van der Waals surface area contributed by atoms with E-state index in [9.17, 15) is 9.18 Å². The zero-order chi connectivity index (χ0) is 18.8.